The van der Waals surface area contributed by atoms with Crippen LogP contribution in [0.5, 0.6) is 5.75 Å². The first-order chi connectivity index (χ1) is 11.3. The van der Waals surface area contributed by atoms with Gasteiger partial charge in [-0.3, -0.25) is 4.79 Å². The Labute approximate surface area is 134 Å². The van der Waals surface area contributed by atoms with E-state index in [1.807, 2.05) is 12.1 Å². The molecule has 0 spiro atoms. The molecule has 0 aliphatic carbocycles. The summed E-state index contributed by atoms with van der Waals surface area (Å²) in [6, 6.07) is 8.87. The van der Waals surface area contributed by atoms with Crippen molar-refractivity contribution in [3.8, 4) is 5.75 Å². The number of aromatic nitrogens is 2. The molecule has 1 aliphatic rings. The second-order valence-corrected chi connectivity index (χ2v) is 5.05. The second kappa shape index (κ2) is 7.06. The standard InChI is InChI=1S/C16H18N4O3/c1-22-13-4-2-3-12(9-13)19-16(21)14-10-15(18-11-17-14)20-5-7-23-8-6-20/h2-4,9-11H,5-8H2,1H3,(H,19,21). The van der Waals surface area contributed by atoms with Gasteiger partial charge in [-0.1, -0.05) is 6.07 Å². The third-order valence-electron chi connectivity index (χ3n) is 3.55. The minimum atomic E-state index is -0.282. The van der Waals surface area contributed by atoms with Crippen molar-refractivity contribution in [1.29, 1.82) is 0 Å². The number of nitrogens with zero attached hydrogens (tertiary/aromatic N) is 3. The normalized spacial score (nSPS) is 14.4. The zero-order valence-electron chi connectivity index (χ0n) is 12.9. The Bertz CT molecular complexity index is 687. The first-order valence-corrected chi connectivity index (χ1v) is 7.36. The smallest absolute Gasteiger partial charge is 0.274 e. The first-order valence-electron chi connectivity index (χ1n) is 7.36. The highest BCUT2D eigenvalue weighted by molar-refractivity contribution is 6.03. The fraction of sp³-hybridized carbons (Fsp3) is 0.312. The molecular formula is C16H18N4O3. The predicted octanol–water partition coefficient (Wildman–Crippen LogP) is 1.57. The molecule has 120 valence electrons. The van der Waals surface area contributed by atoms with Crippen molar-refractivity contribution in [2.75, 3.05) is 43.6 Å². The van der Waals surface area contributed by atoms with E-state index in [1.165, 1.54) is 6.33 Å². The predicted molar refractivity (Wildman–Crippen MR) is 86.0 cm³/mol. The van der Waals surface area contributed by atoms with Crippen LogP contribution in [0.25, 0.3) is 0 Å². The zero-order valence-corrected chi connectivity index (χ0v) is 12.9. The van der Waals surface area contributed by atoms with E-state index >= 15 is 0 Å². The molecule has 1 amide bonds. The van der Waals surface area contributed by atoms with E-state index < -0.39 is 0 Å². The van der Waals surface area contributed by atoms with Crippen molar-refractivity contribution in [2.24, 2.45) is 0 Å². The molecule has 0 unspecified atom stereocenters. The monoisotopic (exact) mass is 314 g/mol. The molecule has 3 rings (SSSR count). The third kappa shape index (κ3) is 3.75. The lowest BCUT2D eigenvalue weighted by molar-refractivity contribution is 0.102. The maximum absolute atomic E-state index is 12.4. The Kier molecular flexibility index (Phi) is 4.68. The number of ether oxygens (including phenoxy) is 2. The summed E-state index contributed by atoms with van der Waals surface area (Å²) < 4.78 is 10.5. The number of carbonyl (C=O) groups excluding carboxylic acids is 1. The van der Waals surface area contributed by atoms with Crippen molar-refractivity contribution >= 4 is 17.4 Å². The van der Waals surface area contributed by atoms with E-state index in [0.717, 1.165) is 18.9 Å². The minimum Gasteiger partial charge on any atom is -0.497 e. The molecule has 1 saturated heterocycles. The molecule has 7 nitrogen and oxygen atoms in total. The summed E-state index contributed by atoms with van der Waals surface area (Å²) in [7, 11) is 1.58. The molecule has 1 fully saturated rings. The van der Waals surface area contributed by atoms with Gasteiger partial charge in [-0.05, 0) is 12.1 Å². The number of rotatable bonds is 4. The molecule has 1 N–H and O–H groups in total. The Morgan fingerprint density at radius 1 is 1.26 bits per heavy atom. The van der Waals surface area contributed by atoms with Gasteiger partial charge < -0.3 is 19.7 Å². The van der Waals surface area contributed by atoms with Crippen LogP contribution in [-0.2, 0) is 4.74 Å². The lowest BCUT2D eigenvalue weighted by atomic mass is 10.2. The SMILES string of the molecule is COc1cccc(NC(=O)c2cc(N3CCOCC3)ncn2)c1. The van der Waals surface area contributed by atoms with Gasteiger partial charge >= 0.3 is 0 Å². The zero-order chi connectivity index (χ0) is 16.1. The largest absolute Gasteiger partial charge is 0.497 e. The number of hydrogen-bond donors (Lipinski definition) is 1. The lowest BCUT2D eigenvalue weighted by Crippen LogP contribution is -2.37. The number of amides is 1. The summed E-state index contributed by atoms with van der Waals surface area (Å²) >= 11 is 0. The maximum Gasteiger partial charge on any atom is 0.274 e. The van der Waals surface area contributed by atoms with Crippen LogP contribution in [0.2, 0.25) is 0 Å². The average Bonchev–Trinajstić information content (AvgIpc) is 2.63. The van der Waals surface area contributed by atoms with Crippen LogP contribution in [0.1, 0.15) is 10.5 Å². The maximum atomic E-state index is 12.4. The van der Waals surface area contributed by atoms with Crippen LogP contribution < -0.4 is 15.0 Å². The van der Waals surface area contributed by atoms with E-state index in [2.05, 4.69) is 20.2 Å². The Morgan fingerprint density at radius 3 is 2.87 bits per heavy atom. The molecule has 1 aliphatic heterocycles. The lowest BCUT2D eigenvalue weighted by Gasteiger charge is -2.27. The molecule has 0 atom stereocenters. The van der Waals surface area contributed by atoms with Crippen LogP contribution in [0.4, 0.5) is 11.5 Å². The van der Waals surface area contributed by atoms with E-state index in [-0.39, 0.29) is 5.91 Å². The van der Waals surface area contributed by atoms with Gasteiger partial charge in [0.2, 0.25) is 0 Å². The molecule has 2 heterocycles. The number of anilines is 2. The summed E-state index contributed by atoms with van der Waals surface area (Å²) in [5.74, 6) is 1.13. The second-order valence-electron chi connectivity index (χ2n) is 5.05. The number of methoxy groups -OCH3 is 1. The number of morpholine rings is 1. The van der Waals surface area contributed by atoms with E-state index in [1.54, 1.807) is 25.3 Å². The van der Waals surface area contributed by atoms with Crippen LogP contribution >= 0.6 is 0 Å². The molecular weight excluding hydrogens is 296 g/mol. The highest BCUT2D eigenvalue weighted by Gasteiger charge is 2.15. The fourth-order valence-corrected chi connectivity index (χ4v) is 2.33. The molecule has 1 aromatic heterocycles. The van der Waals surface area contributed by atoms with Crippen molar-refractivity contribution < 1.29 is 14.3 Å². The van der Waals surface area contributed by atoms with Crippen LogP contribution in [-0.4, -0.2) is 49.3 Å². The average molecular weight is 314 g/mol. The number of nitrogens with one attached hydrogen (secondary N) is 1. The van der Waals surface area contributed by atoms with Crippen molar-refractivity contribution in [1.82, 2.24) is 9.97 Å². The Hall–Kier alpha value is -2.67. The fourth-order valence-electron chi connectivity index (χ4n) is 2.33. The molecule has 1 aromatic carbocycles. The molecule has 2 aromatic rings. The molecule has 23 heavy (non-hydrogen) atoms. The molecule has 0 bridgehead atoms. The van der Waals surface area contributed by atoms with Gasteiger partial charge in [0.05, 0.1) is 20.3 Å². The summed E-state index contributed by atoms with van der Waals surface area (Å²) in [6.45, 7) is 2.84. The topological polar surface area (TPSA) is 76.6 Å². The summed E-state index contributed by atoms with van der Waals surface area (Å²) in [5.41, 5.74) is 0.977. The van der Waals surface area contributed by atoms with Gasteiger partial charge in [0.15, 0.2) is 0 Å². The summed E-state index contributed by atoms with van der Waals surface area (Å²) in [4.78, 5) is 22.7. The van der Waals surface area contributed by atoms with Crippen LogP contribution in [0.15, 0.2) is 36.7 Å². The highest BCUT2D eigenvalue weighted by Crippen LogP contribution is 2.18. The third-order valence-corrected chi connectivity index (χ3v) is 3.55. The highest BCUT2D eigenvalue weighted by atomic mass is 16.5. The Balaban J connectivity index is 1.74. The molecule has 7 heteroatoms. The molecule has 0 radical (unpaired) electrons. The summed E-state index contributed by atoms with van der Waals surface area (Å²) in [5, 5.41) is 2.81. The number of carbonyl (C=O) groups is 1. The quantitative estimate of drug-likeness (QED) is 0.923. The van der Waals surface area contributed by atoms with Gasteiger partial charge in [-0.15, -0.1) is 0 Å². The van der Waals surface area contributed by atoms with Gasteiger partial charge in [0.1, 0.15) is 23.6 Å². The van der Waals surface area contributed by atoms with Crippen LogP contribution in [0.3, 0.4) is 0 Å². The van der Waals surface area contributed by atoms with Crippen LogP contribution in [0, 0.1) is 0 Å². The van der Waals surface area contributed by atoms with Crippen molar-refractivity contribution in [3.05, 3.63) is 42.4 Å². The van der Waals surface area contributed by atoms with E-state index in [9.17, 15) is 4.79 Å². The van der Waals surface area contributed by atoms with Gasteiger partial charge in [-0.25, -0.2) is 9.97 Å². The first kappa shape index (κ1) is 15.2. The van der Waals surface area contributed by atoms with Gasteiger partial charge in [-0.2, -0.15) is 0 Å². The number of benzene rings is 1. The van der Waals surface area contributed by atoms with Crippen molar-refractivity contribution in [2.45, 2.75) is 0 Å². The van der Waals surface area contributed by atoms with Gasteiger partial charge in [0.25, 0.3) is 5.91 Å². The number of hydrogen-bond acceptors (Lipinski definition) is 6. The Morgan fingerprint density at radius 2 is 2.09 bits per heavy atom. The molecule has 0 saturated carbocycles. The minimum absolute atomic E-state index is 0.282. The summed E-state index contributed by atoms with van der Waals surface area (Å²) in [6.07, 6.45) is 1.41. The van der Waals surface area contributed by atoms with Gasteiger partial charge in [0, 0.05) is 30.9 Å². The van der Waals surface area contributed by atoms with Crippen molar-refractivity contribution in [3.63, 3.8) is 0 Å². The van der Waals surface area contributed by atoms with E-state index in [4.69, 9.17) is 9.47 Å². The van der Waals surface area contributed by atoms with E-state index in [0.29, 0.717) is 30.3 Å².